The fourth-order valence-corrected chi connectivity index (χ4v) is 5.73. The molecule has 0 spiro atoms. The van der Waals surface area contributed by atoms with Crippen molar-refractivity contribution in [3.63, 3.8) is 0 Å². The van der Waals surface area contributed by atoms with Crippen LogP contribution in [0.25, 0.3) is 21.8 Å². The van der Waals surface area contributed by atoms with Crippen molar-refractivity contribution in [1.29, 1.82) is 0 Å². The van der Waals surface area contributed by atoms with E-state index in [1.165, 1.54) is 15.6 Å². The quantitative estimate of drug-likeness (QED) is 0.529. The van der Waals surface area contributed by atoms with Gasteiger partial charge in [-0.1, -0.05) is 28.1 Å². The Morgan fingerprint density at radius 2 is 1.86 bits per heavy atom. The van der Waals surface area contributed by atoms with Gasteiger partial charge in [-0.15, -0.1) is 11.3 Å². The standard InChI is InChI=1S/C20H19BrN2O4S2/c1-26-19-7-4-15(21)12-17(19)20-22-18(13-28-20)14-2-5-16(6-3-14)29(24,25)23-8-10-27-11-9-23/h2-7,12-13H,8-11H2,1H3. The van der Waals surface area contributed by atoms with Gasteiger partial charge in [0.05, 0.1) is 36.5 Å². The van der Waals surface area contributed by atoms with Crippen molar-refractivity contribution in [2.24, 2.45) is 0 Å². The second-order valence-corrected chi connectivity index (χ2v) is 10.1. The van der Waals surface area contributed by atoms with Crippen molar-refractivity contribution in [2.45, 2.75) is 4.90 Å². The lowest BCUT2D eigenvalue weighted by molar-refractivity contribution is 0.0730. The van der Waals surface area contributed by atoms with Crippen LogP contribution in [0.4, 0.5) is 0 Å². The lowest BCUT2D eigenvalue weighted by atomic mass is 10.2. The fourth-order valence-electron chi connectivity index (χ4n) is 3.11. The summed E-state index contributed by atoms with van der Waals surface area (Å²) in [6, 6.07) is 12.7. The van der Waals surface area contributed by atoms with Crippen LogP contribution >= 0.6 is 27.3 Å². The van der Waals surface area contributed by atoms with Gasteiger partial charge in [-0.25, -0.2) is 13.4 Å². The molecule has 0 N–H and O–H groups in total. The maximum Gasteiger partial charge on any atom is 0.243 e. The third kappa shape index (κ3) is 4.24. The minimum Gasteiger partial charge on any atom is -0.496 e. The molecule has 0 amide bonds. The van der Waals surface area contributed by atoms with Crippen LogP contribution < -0.4 is 4.74 Å². The molecule has 0 unspecified atom stereocenters. The van der Waals surface area contributed by atoms with Gasteiger partial charge in [-0.3, -0.25) is 0 Å². The van der Waals surface area contributed by atoms with Crippen LogP contribution in [0.5, 0.6) is 5.75 Å². The first-order chi connectivity index (χ1) is 14.0. The van der Waals surface area contributed by atoms with Crippen molar-refractivity contribution >= 4 is 37.3 Å². The van der Waals surface area contributed by atoms with E-state index in [9.17, 15) is 8.42 Å². The number of methoxy groups -OCH3 is 1. The molecule has 3 aromatic rings. The fraction of sp³-hybridized carbons (Fsp3) is 0.250. The van der Waals surface area contributed by atoms with E-state index < -0.39 is 10.0 Å². The number of thiazole rings is 1. The normalized spacial score (nSPS) is 15.4. The molecule has 0 bridgehead atoms. The van der Waals surface area contributed by atoms with Crippen molar-refractivity contribution in [3.05, 3.63) is 52.3 Å². The lowest BCUT2D eigenvalue weighted by Gasteiger charge is -2.26. The minimum atomic E-state index is -3.50. The van der Waals surface area contributed by atoms with E-state index in [1.54, 1.807) is 31.4 Å². The second-order valence-electron chi connectivity index (χ2n) is 6.42. The van der Waals surface area contributed by atoms with E-state index in [1.807, 2.05) is 23.6 Å². The summed E-state index contributed by atoms with van der Waals surface area (Å²) in [5.74, 6) is 0.751. The SMILES string of the molecule is COc1ccc(Br)cc1-c1nc(-c2ccc(S(=O)(=O)N3CCOCC3)cc2)cs1. The van der Waals surface area contributed by atoms with E-state index >= 15 is 0 Å². The number of aromatic nitrogens is 1. The van der Waals surface area contributed by atoms with Gasteiger partial charge in [-0.05, 0) is 30.3 Å². The molecular weight excluding hydrogens is 476 g/mol. The summed E-state index contributed by atoms with van der Waals surface area (Å²) in [4.78, 5) is 5.01. The molecule has 1 aliphatic rings. The Labute approximate surface area is 182 Å². The van der Waals surface area contributed by atoms with Crippen LogP contribution in [-0.2, 0) is 14.8 Å². The highest BCUT2D eigenvalue weighted by molar-refractivity contribution is 9.10. The zero-order valence-corrected chi connectivity index (χ0v) is 18.9. The van der Waals surface area contributed by atoms with Crippen molar-refractivity contribution < 1.29 is 17.9 Å². The Bertz CT molecular complexity index is 1110. The van der Waals surface area contributed by atoms with Crippen LogP contribution in [0, 0.1) is 0 Å². The Kier molecular flexibility index (Phi) is 6.03. The summed E-state index contributed by atoms with van der Waals surface area (Å²) in [6.45, 7) is 1.62. The van der Waals surface area contributed by atoms with E-state index in [4.69, 9.17) is 14.5 Å². The van der Waals surface area contributed by atoms with Crippen LogP contribution in [0.15, 0.2) is 57.2 Å². The molecule has 2 aromatic carbocycles. The van der Waals surface area contributed by atoms with Gasteiger partial charge >= 0.3 is 0 Å². The first-order valence-electron chi connectivity index (χ1n) is 8.97. The molecule has 4 rings (SSSR count). The van der Waals surface area contributed by atoms with Crippen LogP contribution in [0.2, 0.25) is 0 Å². The number of sulfonamides is 1. The Balaban J connectivity index is 1.60. The van der Waals surface area contributed by atoms with Gasteiger partial charge in [0.25, 0.3) is 0 Å². The predicted molar refractivity (Wildman–Crippen MR) is 117 cm³/mol. The van der Waals surface area contributed by atoms with Gasteiger partial charge in [0.1, 0.15) is 10.8 Å². The monoisotopic (exact) mass is 494 g/mol. The number of morpholine rings is 1. The van der Waals surface area contributed by atoms with Crippen molar-refractivity contribution in [3.8, 4) is 27.6 Å². The number of halogens is 1. The van der Waals surface area contributed by atoms with Gasteiger partial charge in [0, 0.05) is 28.5 Å². The lowest BCUT2D eigenvalue weighted by Crippen LogP contribution is -2.40. The van der Waals surface area contributed by atoms with Crippen LogP contribution in [0.3, 0.4) is 0 Å². The van der Waals surface area contributed by atoms with Gasteiger partial charge in [0.15, 0.2) is 0 Å². The number of hydrogen-bond acceptors (Lipinski definition) is 6. The zero-order chi connectivity index (χ0) is 20.4. The van der Waals surface area contributed by atoms with E-state index in [0.717, 1.165) is 32.1 Å². The average Bonchev–Trinajstić information content (AvgIpc) is 3.24. The summed E-state index contributed by atoms with van der Waals surface area (Å²) >= 11 is 5.00. The Morgan fingerprint density at radius 3 is 2.55 bits per heavy atom. The number of nitrogens with zero attached hydrogens (tertiary/aromatic N) is 2. The van der Waals surface area contributed by atoms with Crippen molar-refractivity contribution in [1.82, 2.24) is 9.29 Å². The van der Waals surface area contributed by atoms with E-state index in [-0.39, 0.29) is 4.90 Å². The predicted octanol–water partition coefficient (Wildman–Crippen LogP) is 4.27. The molecule has 0 saturated carbocycles. The van der Waals surface area contributed by atoms with Gasteiger partial charge in [-0.2, -0.15) is 4.31 Å². The van der Waals surface area contributed by atoms with Gasteiger partial charge in [0.2, 0.25) is 10.0 Å². The molecule has 1 aromatic heterocycles. The molecule has 0 radical (unpaired) electrons. The molecular formula is C20H19BrN2O4S2. The molecule has 29 heavy (non-hydrogen) atoms. The third-order valence-electron chi connectivity index (χ3n) is 4.65. The third-order valence-corrected chi connectivity index (χ3v) is 7.94. The molecule has 1 saturated heterocycles. The Morgan fingerprint density at radius 1 is 1.14 bits per heavy atom. The number of ether oxygens (including phenoxy) is 2. The topological polar surface area (TPSA) is 68.7 Å². The van der Waals surface area contributed by atoms with E-state index in [0.29, 0.717) is 26.3 Å². The highest BCUT2D eigenvalue weighted by atomic mass is 79.9. The van der Waals surface area contributed by atoms with Crippen molar-refractivity contribution in [2.75, 3.05) is 33.4 Å². The first kappa shape index (κ1) is 20.5. The Hall–Kier alpha value is -1.78. The minimum absolute atomic E-state index is 0.285. The largest absolute Gasteiger partial charge is 0.496 e. The second kappa shape index (κ2) is 8.53. The molecule has 0 atom stereocenters. The maximum atomic E-state index is 12.8. The number of hydrogen-bond donors (Lipinski definition) is 0. The molecule has 1 fully saturated rings. The molecule has 6 nitrogen and oxygen atoms in total. The molecule has 9 heteroatoms. The van der Waals surface area contributed by atoms with E-state index in [2.05, 4.69) is 15.9 Å². The maximum absolute atomic E-state index is 12.8. The smallest absolute Gasteiger partial charge is 0.243 e. The van der Waals surface area contributed by atoms with Crippen LogP contribution in [-0.4, -0.2) is 51.1 Å². The highest BCUT2D eigenvalue weighted by Crippen LogP contribution is 2.36. The molecule has 152 valence electrons. The zero-order valence-electron chi connectivity index (χ0n) is 15.7. The summed E-state index contributed by atoms with van der Waals surface area (Å²) < 4.78 is 38.6. The average molecular weight is 495 g/mol. The van der Waals surface area contributed by atoms with Gasteiger partial charge < -0.3 is 9.47 Å². The number of rotatable bonds is 5. The summed E-state index contributed by atoms with van der Waals surface area (Å²) in [7, 11) is -1.86. The molecule has 2 heterocycles. The number of benzene rings is 2. The summed E-state index contributed by atoms with van der Waals surface area (Å²) in [6.07, 6.45) is 0. The molecule has 1 aliphatic heterocycles. The molecule has 0 aliphatic carbocycles. The summed E-state index contributed by atoms with van der Waals surface area (Å²) in [5, 5.41) is 2.80. The summed E-state index contributed by atoms with van der Waals surface area (Å²) in [5.41, 5.74) is 2.56. The first-order valence-corrected chi connectivity index (χ1v) is 12.1. The highest BCUT2D eigenvalue weighted by Gasteiger charge is 2.26. The van der Waals surface area contributed by atoms with Crippen LogP contribution in [0.1, 0.15) is 0 Å².